The fourth-order valence-electron chi connectivity index (χ4n) is 1.82. The molecule has 0 aliphatic rings. The van der Waals surface area contributed by atoms with E-state index in [1.807, 2.05) is 31.6 Å². The van der Waals surface area contributed by atoms with Gasteiger partial charge >= 0.3 is 0 Å². The molecule has 0 saturated heterocycles. The molecule has 0 bridgehead atoms. The molecule has 0 fully saturated rings. The SMILES string of the molecule is CCc1nn(C)c(CNCc2cc(C)no2)c1Cl. The third-order valence-electron chi connectivity index (χ3n) is 2.77. The molecule has 0 aliphatic heterocycles. The molecule has 6 heteroatoms. The number of halogens is 1. The molecule has 5 nitrogen and oxygen atoms in total. The Labute approximate surface area is 111 Å². The Balaban J connectivity index is 1.96. The van der Waals surface area contributed by atoms with Crippen LogP contribution in [0.15, 0.2) is 10.6 Å². The normalized spacial score (nSPS) is 11.1. The lowest BCUT2D eigenvalue weighted by atomic mass is 10.3. The van der Waals surface area contributed by atoms with Gasteiger partial charge in [-0.15, -0.1) is 0 Å². The smallest absolute Gasteiger partial charge is 0.150 e. The summed E-state index contributed by atoms with van der Waals surface area (Å²) in [6.45, 7) is 5.23. The Morgan fingerprint density at radius 2 is 2.22 bits per heavy atom. The van der Waals surface area contributed by atoms with Gasteiger partial charge in [0.2, 0.25) is 0 Å². The van der Waals surface area contributed by atoms with Gasteiger partial charge in [-0.05, 0) is 13.3 Å². The van der Waals surface area contributed by atoms with Gasteiger partial charge < -0.3 is 9.84 Å². The lowest BCUT2D eigenvalue weighted by Crippen LogP contribution is -2.15. The molecule has 0 radical (unpaired) electrons. The molecule has 2 aromatic rings. The maximum atomic E-state index is 6.26. The summed E-state index contributed by atoms with van der Waals surface area (Å²) in [5.41, 5.74) is 2.81. The summed E-state index contributed by atoms with van der Waals surface area (Å²) in [5, 5.41) is 12.2. The first-order valence-corrected chi connectivity index (χ1v) is 6.32. The van der Waals surface area contributed by atoms with Crippen LogP contribution >= 0.6 is 11.6 Å². The first kappa shape index (κ1) is 13.1. The van der Waals surface area contributed by atoms with E-state index in [4.69, 9.17) is 16.1 Å². The Hall–Kier alpha value is -1.33. The summed E-state index contributed by atoms with van der Waals surface area (Å²) in [4.78, 5) is 0. The summed E-state index contributed by atoms with van der Waals surface area (Å²) in [7, 11) is 1.90. The molecule has 0 aromatic carbocycles. The van der Waals surface area contributed by atoms with Gasteiger partial charge in [-0.2, -0.15) is 5.10 Å². The van der Waals surface area contributed by atoms with Crippen LogP contribution in [0.3, 0.4) is 0 Å². The molecule has 0 atom stereocenters. The van der Waals surface area contributed by atoms with Crippen LogP contribution in [0.2, 0.25) is 5.02 Å². The van der Waals surface area contributed by atoms with E-state index in [1.165, 1.54) is 0 Å². The van der Waals surface area contributed by atoms with Gasteiger partial charge in [-0.1, -0.05) is 23.7 Å². The van der Waals surface area contributed by atoms with Crippen LogP contribution in [-0.2, 0) is 26.6 Å². The largest absolute Gasteiger partial charge is 0.360 e. The highest BCUT2D eigenvalue weighted by Crippen LogP contribution is 2.20. The van der Waals surface area contributed by atoms with Gasteiger partial charge in [0, 0.05) is 19.7 Å². The Kier molecular flexibility index (Phi) is 4.04. The Bertz CT molecular complexity index is 532. The molecule has 18 heavy (non-hydrogen) atoms. The first-order chi connectivity index (χ1) is 8.61. The molecule has 2 aromatic heterocycles. The third kappa shape index (κ3) is 2.73. The van der Waals surface area contributed by atoms with Crippen molar-refractivity contribution in [2.75, 3.05) is 0 Å². The van der Waals surface area contributed by atoms with Gasteiger partial charge in [-0.3, -0.25) is 4.68 Å². The van der Waals surface area contributed by atoms with Crippen molar-refractivity contribution in [2.24, 2.45) is 7.05 Å². The minimum absolute atomic E-state index is 0.629. The van der Waals surface area contributed by atoms with Crippen LogP contribution in [0.4, 0.5) is 0 Å². The second kappa shape index (κ2) is 5.54. The van der Waals surface area contributed by atoms with Crippen LogP contribution in [0.1, 0.15) is 29.8 Å². The number of rotatable bonds is 5. The average Bonchev–Trinajstić information content (AvgIpc) is 2.86. The van der Waals surface area contributed by atoms with Crippen molar-refractivity contribution in [3.63, 3.8) is 0 Å². The first-order valence-electron chi connectivity index (χ1n) is 5.95. The van der Waals surface area contributed by atoms with E-state index < -0.39 is 0 Å². The third-order valence-corrected chi connectivity index (χ3v) is 3.21. The quantitative estimate of drug-likeness (QED) is 0.903. The minimum atomic E-state index is 0.629. The van der Waals surface area contributed by atoms with Crippen molar-refractivity contribution in [3.8, 4) is 0 Å². The molecule has 0 saturated carbocycles. The number of aryl methyl sites for hydroxylation is 3. The molecule has 0 amide bonds. The zero-order chi connectivity index (χ0) is 13.1. The molecule has 2 rings (SSSR count). The van der Waals surface area contributed by atoms with E-state index in [-0.39, 0.29) is 0 Å². The summed E-state index contributed by atoms with van der Waals surface area (Å²) >= 11 is 6.26. The van der Waals surface area contributed by atoms with E-state index in [0.29, 0.717) is 13.1 Å². The second-order valence-electron chi connectivity index (χ2n) is 4.22. The van der Waals surface area contributed by atoms with Crippen molar-refractivity contribution in [3.05, 3.63) is 33.9 Å². The van der Waals surface area contributed by atoms with Gasteiger partial charge in [0.25, 0.3) is 0 Å². The number of hydrogen-bond donors (Lipinski definition) is 1. The summed E-state index contributed by atoms with van der Waals surface area (Å²) in [5.74, 6) is 0.821. The van der Waals surface area contributed by atoms with E-state index in [1.54, 1.807) is 0 Å². The predicted octanol–water partition coefficient (Wildman–Crippen LogP) is 2.22. The molecule has 1 N–H and O–H groups in total. The highest BCUT2D eigenvalue weighted by atomic mass is 35.5. The topological polar surface area (TPSA) is 55.9 Å². The minimum Gasteiger partial charge on any atom is -0.360 e. The fraction of sp³-hybridized carbons (Fsp3) is 0.500. The Morgan fingerprint density at radius 1 is 1.44 bits per heavy atom. The summed E-state index contributed by atoms with van der Waals surface area (Å²) < 4.78 is 6.94. The van der Waals surface area contributed by atoms with Gasteiger partial charge in [0.1, 0.15) is 0 Å². The summed E-state index contributed by atoms with van der Waals surface area (Å²) in [6, 6.07) is 1.91. The maximum absolute atomic E-state index is 6.26. The molecule has 0 unspecified atom stereocenters. The number of nitrogens with zero attached hydrogens (tertiary/aromatic N) is 3. The van der Waals surface area contributed by atoms with Crippen LogP contribution in [0.25, 0.3) is 0 Å². The molecule has 98 valence electrons. The lowest BCUT2D eigenvalue weighted by Gasteiger charge is -2.03. The highest BCUT2D eigenvalue weighted by Gasteiger charge is 2.12. The lowest BCUT2D eigenvalue weighted by molar-refractivity contribution is 0.368. The molecule has 0 aliphatic carbocycles. The number of aromatic nitrogens is 3. The monoisotopic (exact) mass is 268 g/mol. The fourth-order valence-corrected chi connectivity index (χ4v) is 2.18. The van der Waals surface area contributed by atoms with Crippen molar-refractivity contribution in [1.29, 1.82) is 0 Å². The zero-order valence-electron chi connectivity index (χ0n) is 10.8. The number of hydrogen-bond acceptors (Lipinski definition) is 4. The maximum Gasteiger partial charge on any atom is 0.150 e. The van der Waals surface area contributed by atoms with Crippen LogP contribution < -0.4 is 5.32 Å². The Morgan fingerprint density at radius 3 is 2.78 bits per heavy atom. The van der Waals surface area contributed by atoms with E-state index in [0.717, 1.165) is 34.3 Å². The van der Waals surface area contributed by atoms with E-state index in [2.05, 4.69) is 15.6 Å². The van der Waals surface area contributed by atoms with Crippen LogP contribution in [-0.4, -0.2) is 14.9 Å². The van der Waals surface area contributed by atoms with Crippen molar-refractivity contribution in [1.82, 2.24) is 20.3 Å². The van der Waals surface area contributed by atoms with Crippen LogP contribution in [0, 0.1) is 6.92 Å². The van der Waals surface area contributed by atoms with Crippen LogP contribution in [0.5, 0.6) is 0 Å². The standard InChI is InChI=1S/C12H17ClN4O/c1-4-10-12(13)11(17(3)15-10)7-14-6-9-5-8(2)16-18-9/h5,14H,4,6-7H2,1-3H3. The molecule has 0 spiro atoms. The summed E-state index contributed by atoms with van der Waals surface area (Å²) in [6.07, 6.45) is 0.841. The van der Waals surface area contributed by atoms with Gasteiger partial charge in [0.15, 0.2) is 5.76 Å². The van der Waals surface area contributed by atoms with Crippen molar-refractivity contribution in [2.45, 2.75) is 33.4 Å². The predicted molar refractivity (Wildman–Crippen MR) is 69.4 cm³/mol. The van der Waals surface area contributed by atoms with Crippen molar-refractivity contribution < 1.29 is 4.52 Å². The van der Waals surface area contributed by atoms with E-state index >= 15 is 0 Å². The van der Waals surface area contributed by atoms with E-state index in [9.17, 15) is 0 Å². The highest BCUT2D eigenvalue weighted by molar-refractivity contribution is 6.31. The van der Waals surface area contributed by atoms with Gasteiger partial charge in [-0.25, -0.2) is 0 Å². The average molecular weight is 269 g/mol. The molecular formula is C12H17ClN4O. The number of nitrogens with one attached hydrogen (secondary N) is 1. The molecular weight excluding hydrogens is 252 g/mol. The van der Waals surface area contributed by atoms with Gasteiger partial charge in [0.05, 0.1) is 28.6 Å². The van der Waals surface area contributed by atoms with Crippen molar-refractivity contribution >= 4 is 11.6 Å². The molecule has 2 heterocycles. The zero-order valence-corrected chi connectivity index (χ0v) is 11.6. The second-order valence-corrected chi connectivity index (χ2v) is 4.60.